The molecule has 0 radical (unpaired) electrons. The quantitative estimate of drug-likeness (QED) is 0.823. The average Bonchev–Trinajstić information content (AvgIpc) is 3.11. The number of nitrogens with zero attached hydrogens (tertiary/aromatic N) is 3. The van der Waals surface area contributed by atoms with Crippen LogP contribution in [0.2, 0.25) is 0 Å². The number of fused-ring (bicyclic) bond motifs is 1. The molecule has 0 saturated carbocycles. The number of likely N-dealkylation sites (N-methyl/N-ethyl adjacent to an activating group) is 1. The van der Waals surface area contributed by atoms with Gasteiger partial charge in [0.25, 0.3) is 0 Å². The smallest absolute Gasteiger partial charge is 0.241 e. The fraction of sp³-hybridized carbons (Fsp3) is 0.600. The minimum absolute atomic E-state index is 0.00114. The van der Waals surface area contributed by atoms with Crippen molar-refractivity contribution in [2.75, 3.05) is 40.3 Å². The van der Waals surface area contributed by atoms with E-state index in [0.29, 0.717) is 5.92 Å². The summed E-state index contributed by atoms with van der Waals surface area (Å²) in [5, 5.41) is 2.09. The predicted octanol–water partition coefficient (Wildman–Crippen LogP) is 0.727. The number of thiophene rings is 1. The van der Waals surface area contributed by atoms with Crippen LogP contribution in [-0.2, 0) is 16.1 Å². The molecule has 5 nitrogen and oxygen atoms in total. The Bertz CT molecular complexity index is 529. The molecule has 6 heteroatoms. The topological polar surface area (TPSA) is 43.9 Å². The minimum atomic E-state index is -0.00114. The molecule has 0 aromatic carbocycles. The van der Waals surface area contributed by atoms with Crippen LogP contribution >= 0.6 is 11.3 Å². The Hall–Kier alpha value is -1.40. The van der Waals surface area contributed by atoms with Gasteiger partial charge in [0.15, 0.2) is 0 Å². The molecule has 2 aliphatic heterocycles. The fourth-order valence-corrected chi connectivity index (χ4v) is 3.98. The third-order valence-electron chi connectivity index (χ3n) is 4.38. The van der Waals surface area contributed by atoms with Crippen molar-refractivity contribution in [3.8, 4) is 0 Å². The van der Waals surface area contributed by atoms with Crippen LogP contribution in [0.3, 0.4) is 0 Å². The van der Waals surface area contributed by atoms with Crippen molar-refractivity contribution in [1.29, 1.82) is 0 Å². The van der Waals surface area contributed by atoms with E-state index in [2.05, 4.69) is 22.4 Å². The first kappa shape index (κ1) is 14.5. The van der Waals surface area contributed by atoms with Crippen LogP contribution in [0, 0.1) is 11.8 Å². The van der Waals surface area contributed by atoms with Crippen molar-refractivity contribution in [3.63, 3.8) is 0 Å². The van der Waals surface area contributed by atoms with Gasteiger partial charge in [-0.25, -0.2) is 0 Å². The average molecular weight is 307 g/mol. The fourth-order valence-electron chi connectivity index (χ4n) is 3.23. The molecule has 0 spiro atoms. The lowest BCUT2D eigenvalue weighted by atomic mass is 10.0. The van der Waals surface area contributed by atoms with Crippen molar-refractivity contribution < 1.29 is 9.59 Å². The highest BCUT2D eigenvalue weighted by Gasteiger charge is 2.46. The van der Waals surface area contributed by atoms with Gasteiger partial charge in [-0.2, -0.15) is 0 Å². The molecule has 114 valence electrons. The van der Waals surface area contributed by atoms with Crippen molar-refractivity contribution in [1.82, 2.24) is 14.7 Å². The number of likely N-dealkylation sites (tertiary alicyclic amines) is 2. The molecule has 1 aromatic heterocycles. The van der Waals surface area contributed by atoms with Crippen LogP contribution in [0.25, 0.3) is 0 Å². The maximum Gasteiger partial charge on any atom is 0.241 e. The molecule has 0 aliphatic carbocycles. The standard InChI is InChI=1S/C15H21N3O2S/c1-16(2)14(19)10-18-7-11-6-17(9-13(11)15(18)20)8-12-4-3-5-21-12/h3-5,11,13H,6-10H2,1-2H3/t11-,13-/m0/s1. The molecule has 2 fully saturated rings. The molecule has 3 rings (SSSR count). The normalized spacial score (nSPS) is 25.4. The number of carbonyl (C=O) groups excluding carboxylic acids is 2. The van der Waals surface area contributed by atoms with Crippen molar-refractivity contribution in [2.45, 2.75) is 6.54 Å². The summed E-state index contributed by atoms with van der Waals surface area (Å²) < 4.78 is 0. The predicted molar refractivity (Wildman–Crippen MR) is 81.9 cm³/mol. The van der Waals surface area contributed by atoms with Gasteiger partial charge < -0.3 is 9.80 Å². The number of hydrogen-bond donors (Lipinski definition) is 0. The molecule has 21 heavy (non-hydrogen) atoms. The third-order valence-corrected chi connectivity index (χ3v) is 5.25. The first-order valence-electron chi connectivity index (χ1n) is 7.28. The SMILES string of the molecule is CN(C)C(=O)CN1C[C@@H]2CN(Cc3cccs3)C[C@@H]2C1=O. The molecular formula is C15H21N3O2S. The van der Waals surface area contributed by atoms with Crippen LogP contribution in [0.15, 0.2) is 17.5 Å². The Labute approximate surface area is 129 Å². The van der Waals surface area contributed by atoms with Crippen molar-refractivity contribution in [2.24, 2.45) is 11.8 Å². The molecule has 1 aromatic rings. The lowest BCUT2D eigenvalue weighted by molar-refractivity contribution is -0.138. The van der Waals surface area contributed by atoms with Crippen LogP contribution in [0.5, 0.6) is 0 Å². The van der Waals surface area contributed by atoms with Crippen LogP contribution in [0.1, 0.15) is 4.88 Å². The first-order chi connectivity index (χ1) is 10.0. The van der Waals surface area contributed by atoms with Gasteiger partial charge >= 0.3 is 0 Å². The summed E-state index contributed by atoms with van der Waals surface area (Å²) in [6, 6.07) is 4.21. The molecule has 0 bridgehead atoms. The molecular weight excluding hydrogens is 286 g/mol. The highest BCUT2D eigenvalue weighted by molar-refractivity contribution is 7.09. The van der Waals surface area contributed by atoms with E-state index in [4.69, 9.17) is 0 Å². The number of rotatable bonds is 4. The van der Waals surface area contributed by atoms with Crippen LogP contribution in [-0.4, -0.2) is 66.8 Å². The molecule has 2 atom stereocenters. The highest BCUT2D eigenvalue weighted by Crippen LogP contribution is 2.33. The van der Waals surface area contributed by atoms with Gasteiger partial charge in [-0.3, -0.25) is 14.5 Å². The monoisotopic (exact) mass is 307 g/mol. The van der Waals surface area contributed by atoms with Gasteiger partial charge in [-0.1, -0.05) is 6.07 Å². The Morgan fingerprint density at radius 3 is 2.81 bits per heavy atom. The summed E-state index contributed by atoms with van der Waals surface area (Å²) in [4.78, 5) is 31.2. The van der Waals surface area contributed by atoms with E-state index in [1.165, 1.54) is 4.88 Å². The van der Waals surface area contributed by atoms with E-state index in [1.807, 2.05) is 0 Å². The Balaban J connectivity index is 1.56. The molecule has 2 saturated heterocycles. The van der Waals surface area contributed by atoms with Gasteiger partial charge in [-0.15, -0.1) is 11.3 Å². The van der Waals surface area contributed by atoms with Crippen LogP contribution < -0.4 is 0 Å². The maximum absolute atomic E-state index is 12.4. The summed E-state index contributed by atoms with van der Waals surface area (Å²) in [6.07, 6.45) is 0. The van der Waals surface area contributed by atoms with Crippen LogP contribution in [0.4, 0.5) is 0 Å². The molecule has 2 aliphatic rings. The maximum atomic E-state index is 12.4. The highest BCUT2D eigenvalue weighted by atomic mass is 32.1. The summed E-state index contributed by atoms with van der Waals surface area (Å²) in [6.45, 7) is 3.68. The minimum Gasteiger partial charge on any atom is -0.347 e. The summed E-state index contributed by atoms with van der Waals surface area (Å²) >= 11 is 1.76. The Morgan fingerprint density at radius 1 is 1.38 bits per heavy atom. The molecule has 0 N–H and O–H groups in total. The number of amides is 2. The Morgan fingerprint density at radius 2 is 2.19 bits per heavy atom. The molecule has 3 heterocycles. The van der Waals surface area contributed by atoms with Gasteiger partial charge in [0, 0.05) is 51.1 Å². The first-order valence-corrected chi connectivity index (χ1v) is 8.16. The van der Waals surface area contributed by atoms with Gasteiger partial charge in [0.05, 0.1) is 12.5 Å². The van der Waals surface area contributed by atoms with E-state index in [-0.39, 0.29) is 24.3 Å². The van der Waals surface area contributed by atoms with Crippen molar-refractivity contribution >= 4 is 23.2 Å². The Kier molecular flexibility index (Phi) is 3.99. The third kappa shape index (κ3) is 2.96. The van der Waals surface area contributed by atoms with E-state index >= 15 is 0 Å². The number of hydrogen-bond acceptors (Lipinski definition) is 4. The zero-order chi connectivity index (χ0) is 15.0. The zero-order valence-electron chi connectivity index (χ0n) is 12.5. The van der Waals surface area contributed by atoms with Crippen molar-refractivity contribution in [3.05, 3.63) is 22.4 Å². The van der Waals surface area contributed by atoms with E-state index in [0.717, 1.165) is 26.2 Å². The summed E-state index contributed by atoms with van der Waals surface area (Å²) in [7, 11) is 3.46. The second kappa shape index (κ2) is 5.77. The van der Waals surface area contributed by atoms with E-state index < -0.39 is 0 Å². The number of carbonyl (C=O) groups is 2. The second-order valence-corrected chi connectivity index (χ2v) is 7.18. The molecule has 2 amide bonds. The summed E-state index contributed by atoms with van der Waals surface area (Å²) in [5.41, 5.74) is 0. The molecule has 0 unspecified atom stereocenters. The lowest BCUT2D eigenvalue weighted by Gasteiger charge is -2.22. The summed E-state index contributed by atoms with van der Waals surface area (Å²) in [5.74, 6) is 0.620. The van der Waals surface area contributed by atoms with E-state index in [1.54, 1.807) is 35.2 Å². The lowest BCUT2D eigenvalue weighted by Crippen LogP contribution is -2.40. The zero-order valence-corrected chi connectivity index (χ0v) is 13.3. The van der Waals surface area contributed by atoms with Gasteiger partial charge in [0.1, 0.15) is 0 Å². The van der Waals surface area contributed by atoms with E-state index in [9.17, 15) is 9.59 Å². The van der Waals surface area contributed by atoms with Gasteiger partial charge in [-0.05, 0) is 11.4 Å². The largest absolute Gasteiger partial charge is 0.347 e. The second-order valence-electron chi connectivity index (χ2n) is 6.15. The van der Waals surface area contributed by atoms with Gasteiger partial charge in [0.2, 0.25) is 11.8 Å².